The van der Waals surface area contributed by atoms with Crippen LogP contribution < -0.4 is 0 Å². The number of aryl methyl sites for hydroxylation is 1. The SMILES string of the molecule is Cc1ccccc1C(=O)O.[Fe]. The van der Waals surface area contributed by atoms with Crippen LogP contribution in [0.4, 0.5) is 0 Å². The molecule has 3 heteroatoms. The van der Waals surface area contributed by atoms with E-state index in [4.69, 9.17) is 5.11 Å². The zero-order valence-electron chi connectivity index (χ0n) is 6.02. The molecule has 0 atom stereocenters. The number of hydrogen-bond donors (Lipinski definition) is 1. The molecular weight excluding hydrogens is 184 g/mol. The first-order valence-electron chi connectivity index (χ1n) is 3.01. The third kappa shape index (κ3) is 2.37. The van der Waals surface area contributed by atoms with Crippen LogP contribution in [0.3, 0.4) is 0 Å². The first-order valence-corrected chi connectivity index (χ1v) is 3.01. The molecule has 2 nitrogen and oxygen atoms in total. The van der Waals surface area contributed by atoms with Crippen molar-refractivity contribution in [3.8, 4) is 0 Å². The molecule has 0 radical (unpaired) electrons. The van der Waals surface area contributed by atoms with E-state index in [1.54, 1.807) is 25.1 Å². The molecule has 0 aliphatic carbocycles. The minimum Gasteiger partial charge on any atom is -0.478 e. The number of carbonyl (C=O) groups is 1. The van der Waals surface area contributed by atoms with Gasteiger partial charge in [-0.05, 0) is 18.6 Å². The topological polar surface area (TPSA) is 37.3 Å². The summed E-state index contributed by atoms with van der Waals surface area (Å²) < 4.78 is 0. The molecule has 0 aliphatic heterocycles. The molecule has 1 rings (SSSR count). The Labute approximate surface area is 75.7 Å². The fourth-order valence-electron chi connectivity index (χ4n) is 0.813. The van der Waals surface area contributed by atoms with Crippen LogP contribution in [0.5, 0.6) is 0 Å². The second-order valence-corrected chi connectivity index (χ2v) is 2.12. The molecule has 0 unspecified atom stereocenters. The van der Waals surface area contributed by atoms with Crippen LogP contribution in [0.2, 0.25) is 0 Å². The van der Waals surface area contributed by atoms with Gasteiger partial charge in [-0.3, -0.25) is 0 Å². The molecular formula is C8H8FeO2. The maximum Gasteiger partial charge on any atom is 0.335 e. The van der Waals surface area contributed by atoms with Crippen LogP contribution in [0.25, 0.3) is 0 Å². The molecule has 0 amide bonds. The molecule has 11 heavy (non-hydrogen) atoms. The predicted molar refractivity (Wildman–Crippen MR) is 38.1 cm³/mol. The van der Waals surface area contributed by atoms with Crippen molar-refractivity contribution in [1.82, 2.24) is 0 Å². The molecule has 60 valence electrons. The third-order valence-electron chi connectivity index (χ3n) is 1.38. The molecule has 0 bridgehead atoms. The summed E-state index contributed by atoms with van der Waals surface area (Å²) in [4.78, 5) is 10.4. The van der Waals surface area contributed by atoms with E-state index in [2.05, 4.69) is 0 Å². The molecule has 0 aliphatic rings. The van der Waals surface area contributed by atoms with Gasteiger partial charge < -0.3 is 5.11 Å². The number of hydrogen-bond acceptors (Lipinski definition) is 1. The summed E-state index contributed by atoms with van der Waals surface area (Å²) in [5, 5.41) is 8.57. The van der Waals surface area contributed by atoms with Gasteiger partial charge in [-0.15, -0.1) is 0 Å². The Hall–Kier alpha value is -0.791. The van der Waals surface area contributed by atoms with Crippen molar-refractivity contribution >= 4 is 5.97 Å². The molecule has 1 N–H and O–H groups in total. The van der Waals surface area contributed by atoms with Gasteiger partial charge in [0, 0.05) is 17.1 Å². The van der Waals surface area contributed by atoms with Crippen molar-refractivity contribution in [2.45, 2.75) is 6.92 Å². The summed E-state index contributed by atoms with van der Waals surface area (Å²) >= 11 is 0. The average molecular weight is 192 g/mol. The van der Waals surface area contributed by atoms with Crippen molar-refractivity contribution < 1.29 is 27.0 Å². The van der Waals surface area contributed by atoms with E-state index in [0.29, 0.717) is 5.56 Å². The van der Waals surface area contributed by atoms with Gasteiger partial charge in [0.25, 0.3) is 0 Å². The Bertz CT molecular complexity index is 258. The van der Waals surface area contributed by atoms with Crippen LogP contribution in [0.1, 0.15) is 15.9 Å². The molecule has 0 saturated heterocycles. The van der Waals surface area contributed by atoms with Gasteiger partial charge in [-0.2, -0.15) is 0 Å². The van der Waals surface area contributed by atoms with Gasteiger partial charge in [0.1, 0.15) is 0 Å². The van der Waals surface area contributed by atoms with Crippen LogP contribution in [0, 0.1) is 6.92 Å². The second kappa shape index (κ2) is 4.16. The van der Waals surface area contributed by atoms with Gasteiger partial charge in [0.2, 0.25) is 0 Å². The molecule has 0 spiro atoms. The standard InChI is InChI=1S/C8H8O2.Fe/c1-6-4-2-3-5-7(6)8(9)10;/h2-5H,1H3,(H,9,10);. The summed E-state index contributed by atoms with van der Waals surface area (Å²) in [5.74, 6) is -0.863. The smallest absolute Gasteiger partial charge is 0.335 e. The van der Waals surface area contributed by atoms with Gasteiger partial charge >= 0.3 is 5.97 Å². The van der Waals surface area contributed by atoms with Crippen molar-refractivity contribution in [2.75, 3.05) is 0 Å². The molecule has 0 aromatic heterocycles. The van der Waals surface area contributed by atoms with Crippen LogP contribution in [-0.2, 0) is 17.1 Å². The quantitative estimate of drug-likeness (QED) is 0.687. The summed E-state index contributed by atoms with van der Waals surface area (Å²) in [6, 6.07) is 6.92. The summed E-state index contributed by atoms with van der Waals surface area (Å²) in [6.07, 6.45) is 0. The Morgan fingerprint density at radius 2 is 1.91 bits per heavy atom. The fourth-order valence-corrected chi connectivity index (χ4v) is 0.813. The van der Waals surface area contributed by atoms with Gasteiger partial charge in [-0.1, -0.05) is 18.2 Å². The monoisotopic (exact) mass is 192 g/mol. The Kier molecular flexibility index (Phi) is 3.86. The van der Waals surface area contributed by atoms with Crippen molar-refractivity contribution in [1.29, 1.82) is 0 Å². The van der Waals surface area contributed by atoms with Crippen molar-refractivity contribution in [2.24, 2.45) is 0 Å². The zero-order valence-corrected chi connectivity index (χ0v) is 7.12. The van der Waals surface area contributed by atoms with E-state index in [0.717, 1.165) is 5.56 Å². The van der Waals surface area contributed by atoms with Gasteiger partial charge in [-0.25, -0.2) is 4.79 Å². The van der Waals surface area contributed by atoms with E-state index in [9.17, 15) is 4.79 Å². The van der Waals surface area contributed by atoms with Crippen LogP contribution in [-0.4, -0.2) is 11.1 Å². The van der Waals surface area contributed by atoms with E-state index < -0.39 is 5.97 Å². The fraction of sp³-hybridized carbons (Fsp3) is 0.125. The number of benzene rings is 1. The van der Waals surface area contributed by atoms with Crippen molar-refractivity contribution in [3.05, 3.63) is 35.4 Å². The zero-order chi connectivity index (χ0) is 7.56. The Morgan fingerprint density at radius 3 is 2.27 bits per heavy atom. The number of rotatable bonds is 1. The molecule has 0 heterocycles. The first kappa shape index (κ1) is 10.2. The van der Waals surface area contributed by atoms with Gasteiger partial charge in [0.05, 0.1) is 5.56 Å². The molecule has 0 fully saturated rings. The molecule has 1 aromatic carbocycles. The second-order valence-electron chi connectivity index (χ2n) is 2.12. The summed E-state index contributed by atoms with van der Waals surface area (Å²) in [5.41, 5.74) is 1.18. The van der Waals surface area contributed by atoms with E-state index in [-0.39, 0.29) is 17.1 Å². The Morgan fingerprint density at radius 1 is 1.36 bits per heavy atom. The maximum atomic E-state index is 10.4. The normalized spacial score (nSPS) is 8.45. The Balaban J connectivity index is 0.000001000. The number of aromatic carboxylic acids is 1. The maximum absolute atomic E-state index is 10.4. The molecule has 1 aromatic rings. The number of carboxylic acids is 1. The minimum atomic E-state index is -0.863. The van der Waals surface area contributed by atoms with E-state index >= 15 is 0 Å². The van der Waals surface area contributed by atoms with E-state index in [1.807, 2.05) is 6.07 Å². The molecule has 0 saturated carbocycles. The summed E-state index contributed by atoms with van der Waals surface area (Å²) in [7, 11) is 0. The van der Waals surface area contributed by atoms with Gasteiger partial charge in [0.15, 0.2) is 0 Å². The largest absolute Gasteiger partial charge is 0.478 e. The first-order chi connectivity index (χ1) is 4.72. The van der Waals surface area contributed by atoms with E-state index in [1.165, 1.54) is 0 Å². The van der Waals surface area contributed by atoms with Crippen molar-refractivity contribution in [3.63, 3.8) is 0 Å². The number of carboxylic acid groups (broad SMARTS) is 1. The minimum absolute atomic E-state index is 0. The average Bonchev–Trinajstić information content (AvgIpc) is 1.88. The summed E-state index contributed by atoms with van der Waals surface area (Å²) in [6.45, 7) is 1.78. The van der Waals surface area contributed by atoms with Crippen LogP contribution in [0.15, 0.2) is 24.3 Å². The van der Waals surface area contributed by atoms with Crippen LogP contribution >= 0.6 is 0 Å². The third-order valence-corrected chi connectivity index (χ3v) is 1.38. The predicted octanol–water partition coefficient (Wildman–Crippen LogP) is 1.69.